The highest BCUT2D eigenvalue weighted by Gasteiger charge is 2.12. The zero-order valence-electron chi connectivity index (χ0n) is 8.04. The van der Waals surface area contributed by atoms with E-state index in [4.69, 9.17) is 9.78 Å². The van der Waals surface area contributed by atoms with Gasteiger partial charge < -0.3 is 4.52 Å². The Balaban J connectivity index is 2.15. The minimum absolute atomic E-state index is 0.111. The highest BCUT2D eigenvalue weighted by molar-refractivity contribution is 7.13. The van der Waals surface area contributed by atoms with E-state index in [9.17, 15) is 0 Å². The van der Waals surface area contributed by atoms with E-state index in [1.54, 1.807) is 11.7 Å². The Morgan fingerprint density at radius 1 is 1.67 bits per heavy atom. The molecule has 0 saturated heterocycles. The second-order valence-electron chi connectivity index (χ2n) is 3.11. The third-order valence-corrected chi connectivity index (χ3v) is 2.59. The first-order valence-corrected chi connectivity index (χ1v) is 5.28. The fourth-order valence-corrected chi connectivity index (χ4v) is 1.62. The van der Waals surface area contributed by atoms with Crippen LogP contribution in [0, 0.1) is 17.2 Å². The van der Waals surface area contributed by atoms with Crippen LogP contribution in [0.5, 0.6) is 0 Å². The topological polar surface area (TPSA) is 75.6 Å². The van der Waals surface area contributed by atoms with Gasteiger partial charge in [-0.2, -0.15) is 10.2 Å². The van der Waals surface area contributed by atoms with Gasteiger partial charge in [-0.25, -0.2) is 0 Å². The SMILES string of the molecule is CC(C#N)Cc1nc(-c2cncs2)no1. The molecule has 0 spiro atoms. The smallest absolute Gasteiger partial charge is 0.228 e. The average molecular weight is 220 g/mol. The van der Waals surface area contributed by atoms with Crippen LogP contribution in [0.2, 0.25) is 0 Å². The predicted octanol–water partition coefficient (Wildman–Crippen LogP) is 1.90. The van der Waals surface area contributed by atoms with Gasteiger partial charge in [0.2, 0.25) is 11.7 Å². The van der Waals surface area contributed by atoms with Crippen LogP contribution in [-0.4, -0.2) is 15.1 Å². The summed E-state index contributed by atoms with van der Waals surface area (Å²) in [7, 11) is 0. The van der Waals surface area contributed by atoms with E-state index in [2.05, 4.69) is 21.2 Å². The molecule has 0 aromatic carbocycles. The zero-order valence-corrected chi connectivity index (χ0v) is 8.86. The van der Waals surface area contributed by atoms with E-state index in [1.807, 2.05) is 6.92 Å². The molecule has 0 amide bonds. The Hall–Kier alpha value is -1.74. The van der Waals surface area contributed by atoms with Crippen LogP contribution in [0.25, 0.3) is 10.7 Å². The number of thiazole rings is 1. The lowest BCUT2D eigenvalue weighted by molar-refractivity contribution is 0.370. The monoisotopic (exact) mass is 220 g/mol. The van der Waals surface area contributed by atoms with Gasteiger partial charge in [0.05, 0.1) is 22.4 Å². The molecule has 0 aliphatic rings. The molecule has 2 aromatic rings. The molecule has 6 heteroatoms. The van der Waals surface area contributed by atoms with Gasteiger partial charge in [-0.3, -0.25) is 4.98 Å². The van der Waals surface area contributed by atoms with Crippen molar-refractivity contribution in [1.82, 2.24) is 15.1 Å². The van der Waals surface area contributed by atoms with Gasteiger partial charge in [0.1, 0.15) is 0 Å². The summed E-state index contributed by atoms with van der Waals surface area (Å²) in [4.78, 5) is 8.98. The van der Waals surface area contributed by atoms with E-state index in [1.165, 1.54) is 11.3 Å². The van der Waals surface area contributed by atoms with E-state index >= 15 is 0 Å². The van der Waals surface area contributed by atoms with Crippen molar-refractivity contribution < 1.29 is 4.52 Å². The normalized spacial score (nSPS) is 12.3. The van der Waals surface area contributed by atoms with Gasteiger partial charge in [-0.1, -0.05) is 5.16 Å². The van der Waals surface area contributed by atoms with Crippen LogP contribution in [0.4, 0.5) is 0 Å². The molecule has 5 nitrogen and oxygen atoms in total. The number of aromatic nitrogens is 3. The maximum absolute atomic E-state index is 8.64. The van der Waals surface area contributed by atoms with E-state index in [-0.39, 0.29) is 5.92 Å². The fraction of sp³-hybridized carbons (Fsp3) is 0.333. The van der Waals surface area contributed by atoms with Gasteiger partial charge in [0.15, 0.2) is 0 Å². The molecular formula is C9H8N4OS. The van der Waals surface area contributed by atoms with Crippen molar-refractivity contribution in [1.29, 1.82) is 5.26 Å². The van der Waals surface area contributed by atoms with Crippen LogP contribution < -0.4 is 0 Å². The van der Waals surface area contributed by atoms with Crippen molar-refractivity contribution in [2.45, 2.75) is 13.3 Å². The van der Waals surface area contributed by atoms with Crippen molar-refractivity contribution in [2.75, 3.05) is 0 Å². The molecule has 1 atom stereocenters. The van der Waals surface area contributed by atoms with Crippen LogP contribution in [0.15, 0.2) is 16.2 Å². The molecule has 0 N–H and O–H groups in total. The van der Waals surface area contributed by atoms with Gasteiger partial charge in [0, 0.05) is 12.6 Å². The van der Waals surface area contributed by atoms with Crippen molar-refractivity contribution in [2.24, 2.45) is 5.92 Å². The Morgan fingerprint density at radius 3 is 3.20 bits per heavy atom. The van der Waals surface area contributed by atoms with Gasteiger partial charge >= 0.3 is 0 Å². The molecule has 0 fully saturated rings. The van der Waals surface area contributed by atoms with Crippen molar-refractivity contribution >= 4 is 11.3 Å². The number of nitrogens with zero attached hydrogens (tertiary/aromatic N) is 4. The minimum atomic E-state index is -0.111. The summed E-state index contributed by atoms with van der Waals surface area (Å²) >= 11 is 1.45. The fourth-order valence-electron chi connectivity index (χ4n) is 1.07. The molecular weight excluding hydrogens is 212 g/mol. The summed E-state index contributed by atoms with van der Waals surface area (Å²) in [5.41, 5.74) is 1.71. The molecule has 0 aliphatic heterocycles. The van der Waals surface area contributed by atoms with Crippen molar-refractivity contribution in [3.05, 3.63) is 17.6 Å². The van der Waals surface area contributed by atoms with E-state index in [0.717, 1.165) is 4.88 Å². The van der Waals surface area contributed by atoms with E-state index < -0.39 is 0 Å². The van der Waals surface area contributed by atoms with Crippen LogP contribution in [0.1, 0.15) is 12.8 Å². The average Bonchev–Trinajstić information content (AvgIpc) is 2.85. The molecule has 0 aliphatic carbocycles. The maximum atomic E-state index is 8.64. The summed E-state index contributed by atoms with van der Waals surface area (Å²) < 4.78 is 5.03. The largest absolute Gasteiger partial charge is 0.339 e. The third kappa shape index (κ3) is 2.19. The molecule has 2 heterocycles. The molecule has 1 unspecified atom stereocenters. The molecule has 0 saturated carbocycles. The summed E-state index contributed by atoms with van der Waals surface area (Å²) in [6.07, 6.45) is 2.18. The summed E-state index contributed by atoms with van der Waals surface area (Å²) in [5, 5.41) is 12.5. The molecule has 0 bridgehead atoms. The van der Waals surface area contributed by atoms with Crippen molar-refractivity contribution in [3.8, 4) is 16.8 Å². The maximum Gasteiger partial charge on any atom is 0.228 e. The third-order valence-electron chi connectivity index (χ3n) is 1.82. The lowest BCUT2D eigenvalue weighted by Crippen LogP contribution is -1.95. The van der Waals surface area contributed by atoms with E-state index in [0.29, 0.717) is 18.1 Å². The number of rotatable bonds is 3. The first-order chi connectivity index (χ1) is 7.29. The van der Waals surface area contributed by atoms with Gasteiger partial charge in [-0.15, -0.1) is 11.3 Å². The number of nitriles is 1. The summed E-state index contributed by atoms with van der Waals surface area (Å²) in [5.74, 6) is 0.921. The first kappa shape index (κ1) is 9.80. The van der Waals surface area contributed by atoms with Crippen molar-refractivity contribution in [3.63, 3.8) is 0 Å². The number of hydrogen-bond donors (Lipinski definition) is 0. The quantitative estimate of drug-likeness (QED) is 0.789. The molecule has 2 rings (SSSR count). The summed E-state index contributed by atoms with van der Waals surface area (Å²) in [6.45, 7) is 1.82. The lowest BCUT2D eigenvalue weighted by atomic mass is 10.1. The molecule has 15 heavy (non-hydrogen) atoms. The highest BCUT2D eigenvalue weighted by atomic mass is 32.1. The van der Waals surface area contributed by atoms with Crippen LogP contribution >= 0.6 is 11.3 Å². The zero-order chi connectivity index (χ0) is 10.7. The Morgan fingerprint density at radius 2 is 2.53 bits per heavy atom. The molecule has 0 radical (unpaired) electrons. The Labute approximate surface area is 90.4 Å². The Kier molecular flexibility index (Phi) is 2.74. The Bertz CT molecular complexity index is 471. The van der Waals surface area contributed by atoms with Gasteiger partial charge in [0.25, 0.3) is 0 Å². The lowest BCUT2D eigenvalue weighted by Gasteiger charge is -1.93. The standard InChI is InChI=1S/C9H8N4OS/c1-6(3-10)2-8-12-9(13-14-8)7-4-11-5-15-7/h4-6H,2H2,1H3. The van der Waals surface area contributed by atoms with Crippen LogP contribution in [0.3, 0.4) is 0 Å². The second kappa shape index (κ2) is 4.19. The molecule has 76 valence electrons. The predicted molar refractivity (Wildman–Crippen MR) is 53.9 cm³/mol. The highest BCUT2D eigenvalue weighted by Crippen LogP contribution is 2.20. The number of hydrogen-bond acceptors (Lipinski definition) is 6. The summed E-state index contributed by atoms with van der Waals surface area (Å²) in [6, 6.07) is 2.12. The molecule has 2 aromatic heterocycles. The second-order valence-corrected chi connectivity index (χ2v) is 4.00. The minimum Gasteiger partial charge on any atom is -0.339 e. The van der Waals surface area contributed by atoms with Crippen LogP contribution in [-0.2, 0) is 6.42 Å². The first-order valence-electron chi connectivity index (χ1n) is 4.40. The van der Waals surface area contributed by atoms with Gasteiger partial charge in [-0.05, 0) is 6.92 Å².